The Kier molecular flexibility index (Phi) is 3.75. The van der Waals surface area contributed by atoms with Crippen molar-refractivity contribution < 1.29 is 4.92 Å². The Morgan fingerprint density at radius 3 is 2.62 bits per heavy atom. The molecule has 1 rings (SSSR count). The minimum atomic E-state index is -0.462. The molecule has 0 aliphatic carbocycles. The minimum absolute atomic E-state index is 0.0174. The van der Waals surface area contributed by atoms with Gasteiger partial charge in [-0.3, -0.25) is 10.1 Å². The van der Waals surface area contributed by atoms with E-state index in [1.165, 1.54) is 12.1 Å². The topological polar surface area (TPSA) is 43.1 Å². The first-order valence-electron chi connectivity index (χ1n) is 3.25. The summed E-state index contributed by atoms with van der Waals surface area (Å²) in [5.41, 5.74) is 0.489. The molecule has 0 saturated carbocycles. The Morgan fingerprint density at radius 2 is 2.15 bits per heavy atom. The molecule has 70 valence electrons. The third kappa shape index (κ3) is 2.24. The molecule has 0 atom stereocenters. The van der Waals surface area contributed by atoms with Crippen LogP contribution in [0.2, 0.25) is 5.02 Å². The number of nitro groups is 1. The van der Waals surface area contributed by atoms with Gasteiger partial charge in [-0.2, -0.15) is 0 Å². The van der Waals surface area contributed by atoms with E-state index in [1.807, 2.05) is 22.6 Å². The van der Waals surface area contributed by atoms with Gasteiger partial charge < -0.3 is 0 Å². The Hall–Kier alpha value is -0.0700. The van der Waals surface area contributed by atoms with Crippen molar-refractivity contribution in [3.8, 4) is 0 Å². The lowest BCUT2D eigenvalue weighted by atomic mass is 10.2. The number of nitrogens with zero attached hydrogens (tertiary/aromatic N) is 1. The lowest BCUT2D eigenvalue weighted by molar-refractivity contribution is -0.385. The molecule has 6 heteroatoms. The van der Waals surface area contributed by atoms with Gasteiger partial charge in [-0.15, -0.1) is 11.6 Å². The van der Waals surface area contributed by atoms with Gasteiger partial charge in [0.25, 0.3) is 5.69 Å². The van der Waals surface area contributed by atoms with Gasteiger partial charge in [0.1, 0.15) is 0 Å². The van der Waals surface area contributed by atoms with Crippen molar-refractivity contribution in [2.75, 3.05) is 0 Å². The second-order valence-corrected chi connectivity index (χ2v) is 4.00. The highest BCUT2D eigenvalue weighted by molar-refractivity contribution is 14.1. The number of nitro benzene ring substituents is 1. The van der Waals surface area contributed by atoms with Gasteiger partial charge in [-0.1, -0.05) is 11.6 Å². The molecule has 1 aromatic carbocycles. The molecule has 0 saturated heterocycles. The first-order chi connectivity index (χ1) is 6.07. The van der Waals surface area contributed by atoms with E-state index in [0.717, 1.165) is 0 Å². The van der Waals surface area contributed by atoms with Crippen molar-refractivity contribution in [1.29, 1.82) is 0 Å². The predicted molar refractivity (Wildman–Crippen MR) is 60.4 cm³/mol. The van der Waals surface area contributed by atoms with Crippen LogP contribution in [-0.2, 0) is 5.88 Å². The van der Waals surface area contributed by atoms with E-state index < -0.39 is 4.92 Å². The van der Waals surface area contributed by atoms with Gasteiger partial charge >= 0.3 is 0 Å². The van der Waals surface area contributed by atoms with Gasteiger partial charge in [0, 0.05) is 9.64 Å². The molecular weight excluding hydrogens is 328 g/mol. The zero-order chi connectivity index (χ0) is 10.0. The summed E-state index contributed by atoms with van der Waals surface area (Å²) >= 11 is 13.3. The maximum absolute atomic E-state index is 10.5. The summed E-state index contributed by atoms with van der Waals surface area (Å²) in [5, 5.41) is 11.0. The van der Waals surface area contributed by atoms with E-state index in [4.69, 9.17) is 23.2 Å². The molecule has 0 heterocycles. The quantitative estimate of drug-likeness (QED) is 0.360. The summed E-state index contributed by atoms with van der Waals surface area (Å²) < 4.78 is 0.642. The summed E-state index contributed by atoms with van der Waals surface area (Å²) in [6.45, 7) is 0. The molecule has 0 aliphatic rings. The number of rotatable bonds is 2. The van der Waals surface area contributed by atoms with Crippen LogP contribution in [0.5, 0.6) is 0 Å². The predicted octanol–water partition coefficient (Wildman–Crippen LogP) is 3.59. The fraction of sp³-hybridized carbons (Fsp3) is 0.143. The van der Waals surface area contributed by atoms with Crippen molar-refractivity contribution in [3.05, 3.63) is 36.4 Å². The molecule has 0 aromatic heterocycles. The average Bonchev–Trinajstić information content (AvgIpc) is 2.09. The highest BCUT2D eigenvalue weighted by atomic mass is 127. The number of alkyl halides is 1. The monoisotopic (exact) mass is 331 g/mol. The normalized spacial score (nSPS) is 10.1. The Balaban J connectivity index is 3.38. The van der Waals surface area contributed by atoms with Gasteiger partial charge in [0.2, 0.25) is 0 Å². The third-order valence-corrected chi connectivity index (χ3v) is 3.63. The second kappa shape index (κ2) is 4.43. The SMILES string of the molecule is O=[N+]([O-])c1ccc(Cl)c(I)c1CCl. The fourth-order valence-electron chi connectivity index (χ4n) is 0.881. The standard InChI is InChI=1S/C7H4Cl2INO2/c8-3-4-6(11(12)13)2-1-5(9)7(4)10/h1-2H,3H2. The fourth-order valence-corrected chi connectivity index (χ4v) is 2.20. The van der Waals surface area contributed by atoms with E-state index in [9.17, 15) is 10.1 Å². The van der Waals surface area contributed by atoms with Crippen LogP contribution in [0.1, 0.15) is 5.56 Å². The molecule has 0 aliphatic heterocycles. The van der Waals surface area contributed by atoms with Crippen LogP contribution in [0, 0.1) is 13.7 Å². The first-order valence-corrected chi connectivity index (χ1v) is 5.24. The molecule has 0 unspecified atom stereocenters. The summed E-state index contributed by atoms with van der Waals surface area (Å²) in [6.07, 6.45) is 0. The second-order valence-electron chi connectivity index (χ2n) is 2.25. The van der Waals surface area contributed by atoms with Crippen molar-refractivity contribution in [2.45, 2.75) is 5.88 Å². The zero-order valence-corrected chi connectivity index (χ0v) is 9.93. The molecule has 0 bridgehead atoms. The van der Waals surface area contributed by atoms with Crippen LogP contribution in [0.15, 0.2) is 12.1 Å². The van der Waals surface area contributed by atoms with Crippen LogP contribution in [0.25, 0.3) is 0 Å². The summed E-state index contributed by atoms with van der Waals surface area (Å²) in [4.78, 5) is 10.1. The smallest absolute Gasteiger partial charge is 0.258 e. The number of halogens is 3. The largest absolute Gasteiger partial charge is 0.274 e. The van der Waals surface area contributed by atoms with Crippen molar-refractivity contribution >= 4 is 51.5 Å². The molecule has 3 nitrogen and oxygen atoms in total. The highest BCUT2D eigenvalue weighted by Crippen LogP contribution is 2.30. The van der Waals surface area contributed by atoms with E-state index in [2.05, 4.69) is 0 Å². The van der Waals surface area contributed by atoms with E-state index in [-0.39, 0.29) is 11.6 Å². The van der Waals surface area contributed by atoms with Gasteiger partial charge in [0.15, 0.2) is 0 Å². The van der Waals surface area contributed by atoms with Crippen LogP contribution < -0.4 is 0 Å². The Labute approximate surface area is 98.3 Å². The zero-order valence-electron chi connectivity index (χ0n) is 6.26. The maximum atomic E-state index is 10.5. The highest BCUT2D eigenvalue weighted by Gasteiger charge is 2.17. The molecule has 0 N–H and O–H groups in total. The van der Waals surface area contributed by atoms with Crippen LogP contribution >= 0.6 is 45.8 Å². The van der Waals surface area contributed by atoms with Gasteiger partial charge in [-0.05, 0) is 28.7 Å². The maximum Gasteiger partial charge on any atom is 0.274 e. The van der Waals surface area contributed by atoms with Crippen molar-refractivity contribution in [2.24, 2.45) is 0 Å². The molecule has 0 spiro atoms. The molecule has 13 heavy (non-hydrogen) atoms. The first kappa shape index (κ1) is 11.0. The molecule has 0 amide bonds. The number of hydrogen-bond acceptors (Lipinski definition) is 2. The average molecular weight is 332 g/mol. The van der Waals surface area contributed by atoms with Gasteiger partial charge in [0.05, 0.1) is 21.4 Å². The Bertz CT molecular complexity index is 357. The van der Waals surface area contributed by atoms with E-state index in [0.29, 0.717) is 14.2 Å². The summed E-state index contributed by atoms with van der Waals surface area (Å²) in [5.74, 6) is 0.0924. The van der Waals surface area contributed by atoms with Crippen LogP contribution in [-0.4, -0.2) is 4.92 Å². The van der Waals surface area contributed by atoms with E-state index >= 15 is 0 Å². The van der Waals surface area contributed by atoms with Gasteiger partial charge in [-0.25, -0.2) is 0 Å². The molecule has 0 radical (unpaired) electrons. The van der Waals surface area contributed by atoms with Crippen molar-refractivity contribution in [1.82, 2.24) is 0 Å². The van der Waals surface area contributed by atoms with Crippen molar-refractivity contribution in [3.63, 3.8) is 0 Å². The lowest BCUT2D eigenvalue weighted by Crippen LogP contribution is -1.96. The third-order valence-electron chi connectivity index (χ3n) is 1.50. The summed E-state index contributed by atoms with van der Waals surface area (Å²) in [6, 6.07) is 2.86. The van der Waals surface area contributed by atoms with Crippen LogP contribution in [0.3, 0.4) is 0 Å². The minimum Gasteiger partial charge on any atom is -0.258 e. The molecular formula is C7H4Cl2INO2. The van der Waals surface area contributed by atoms with Crippen LogP contribution in [0.4, 0.5) is 5.69 Å². The summed E-state index contributed by atoms with van der Waals surface area (Å²) in [7, 11) is 0. The number of benzene rings is 1. The number of hydrogen-bond donors (Lipinski definition) is 0. The Morgan fingerprint density at radius 1 is 1.54 bits per heavy atom. The van der Waals surface area contributed by atoms with E-state index in [1.54, 1.807) is 0 Å². The molecule has 1 aromatic rings. The lowest BCUT2D eigenvalue weighted by Gasteiger charge is -2.02. The molecule has 0 fully saturated rings.